The molecular formula is C6H10N4OS. The average molecular weight is 186 g/mol. The number of unbranched alkanes of at least 4 members (excludes halogenated alkanes) is 1. The molecule has 5 nitrogen and oxygen atoms in total. The van der Waals surface area contributed by atoms with Gasteiger partial charge in [-0.2, -0.15) is 5.10 Å². The quantitative estimate of drug-likeness (QED) is 0.526. The molecule has 0 spiro atoms. The maximum Gasteiger partial charge on any atom is 0.231 e. The Morgan fingerprint density at radius 2 is 2.58 bits per heavy atom. The van der Waals surface area contributed by atoms with Crippen LogP contribution in [0.1, 0.15) is 19.8 Å². The van der Waals surface area contributed by atoms with E-state index < -0.39 is 0 Å². The molecule has 0 N–H and O–H groups in total. The van der Waals surface area contributed by atoms with Crippen LogP contribution in [-0.4, -0.2) is 9.78 Å². The normalized spacial score (nSPS) is 11.9. The molecule has 1 heterocycles. The van der Waals surface area contributed by atoms with Crippen molar-refractivity contribution in [3.05, 3.63) is 15.2 Å². The molecule has 0 amide bonds. The van der Waals surface area contributed by atoms with E-state index in [0.29, 0.717) is 4.80 Å². The van der Waals surface area contributed by atoms with E-state index in [9.17, 15) is 4.91 Å². The van der Waals surface area contributed by atoms with Crippen LogP contribution in [0.4, 0.5) is 0 Å². The monoisotopic (exact) mass is 186 g/mol. The molecule has 0 aliphatic carbocycles. The number of rotatable bonds is 4. The van der Waals surface area contributed by atoms with Crippen LogP contribution in [0, 0.1) is 4.91 Å². The zero-order valence-corrected chi connectivity index (χ0v) is 7.62. The van der Waals surface area contributed by atoms with Crippen molar-refractivity contribution in [3.8, 4) is 0 Å². The third kappa shape index (κ3) is 2.23. The van der Waals surface area contributed by atoms with Gasteiger partial charge in [-0.05, 0) is 6.42 Å². The molecule has 6 heteroatoms. The molecule has 0 unspecified atom stereocenters. The molecule has 0 saturated carbocycles. The Morgan fingerprint density at radius 1 is 1.75 bits per heavy atom. The minimum absolute atomic E-state index is 0.568. The van der Waals surface area contributed by atoms with E-state index in [2.05, 4.69) is 22.4 Å². The van der Waals surface area contributed by atoms with Crippen LogP contribution in [-0.2, 0) is 6.54 Å². The van der Waals surface area contributed by atoms with Gasteiger partial charge in [-0.3, -0.25) is 0 Å². The summed E-state index contributed by atoms with van der Waals surface area (Å²) in [7, 11) is 0. The second kappa shape index (κ2) is 4.76. The van der Waals surface area contributed by atoms with Gasteiger partial charge in [-0.1, -0.05) is 29.8 Å². The standard InChI is InChI=1S/C6H10N4OS/c1-2-3-4-10-6(8-9-11)12-5-7-10/h5H,2-4H2,1H3/b8-6+. The molecule has 12 heavy (non-hydrogen) atoms. The Morgan fingerprint density at radius 3 is 3.25 bits per heavy atom. The van der Waals surface area contributed by atoms with Crippen LogP contribution in [0.25, 0.3) is 0 Å². The third-order valence-corrected chi connectivity index (χ3v) is 2.12. The number of nitroso groups, excluding NO2 is 1. The summed E-state index contributed by atoms with van der Waals surface area (Å²) in [6.07, 6.45) is 2.13. The summed E-state index contributed by atoms with van der Waals surface area (Å²) in [5.74, 6) is 0. The number of hydrogen-bond acceptors (Lipinski definition) is 4. The largest absolute Gasteiger partial charge is 0.237 e. The summed E-state index contributed by atoms with van der Waals surface area (Å²) in [4.78, 5) is 10.4. The lowest BCUT2D eigenvalue weighted by Crippen LogP contribution is -2.15. The molecule has 0 aromatic carbocycles. The summed E-state index contributed by atoms with van der Waals surface area (Å²) in [5.41, 5.74) is 1.65. The number of aryl methyl sites for hydroxylation is 1. The summed E-state index contributed by atoms with van der Waals surface area (Å²) < 4.78 is 1.69. The second-order valence-electron chi connectivity index (χ2n) is 2.28. The zero-order chi connectivity index (χ0) is 8.81. The molecule has 0 radical (unpaired) electrons. The molecule has 0 aliphatic rings. The minimum Gasteiger partial charge on any atom is -0.237 e. The van der Waals surface area contributed by atoms with Crippen LogP contribution in [0.2, 0.25) is 0 Å². The number of hydrogen-bond donors (Lipinski definition) is 0. The van der Waals surface area contributed by atoms with Gasteiger partial charge in [0.2, 0.25) is 4.80 Å². The highest BCUT2D eigenvalue weighted by atomic mass is 32.1. The van der Waals surface area contributed by atoms with Crippen molar-refractivity contribution in [1.29, 1.82) is 0 Å². The maximum atomic E-state index is 9.85. The summed E-state index contributed by atoms with van der Waals surface area (Å²) in [6.45, 7) is 2.90. The summed E-state index contributed by atoms with van der Waals surface area (Å²) in [6, 6.07) is 0. The van der Waals surface area contributed by atoms with Crippen molar-refractivity contribution >= 4 is 11.3 Å². The van der Waals surface area contributed by atoms with Crippen molar-refractivity contribution in [2.75, 3.05) is 0 Å². The molecule has 0 fully saturated rings. The fraction of sp³-hybridized carbons (Fsp3) is 0.667. The van der Waals surface area contributed by atoms with Gasteiger partial charge in [-0.15, -0.1) is 4.91 Å². The lowest BCUT2D eigenvalue weighted by atomic mass is 10.3. The van der Waals surface area contributed by atoms with Crippen molar-refractivity contribution in [2.45, 2.75) is 26.3 Å². The second-order valence-corrected chi connectivity index (χ2v) is 3.09. The first-order valence-electron chi connectivity index (χ1n) is 3.75. The van der Waals surface area contributed by atoms with Gasteiger partial charge in [-0.25, -0.2) is 4.68 Å². The van der Waals surface area contributed by atoms with E-state index >= 15 is 0 Å². The summed E-state index contributed by atoms with van der Waals surface area (Å²) >= 11 is 1.32. The van der Waals surface area contributed by atoms with E-state index in [-0.39, 0.29) is 0 Å². The van der Waals surface area contributed by atoms with Gasteiger partial charge in [0.1, 0.15) is 5.51 Å². The van der Waals surface area contributed by atoms with Crippen LogP contribution in [0.3, 0.4) is 0 Å². The van der Waals surface area contributed by atoms with Crippen LogP contribution in [0.5, 0.6) is 0 Å². The minimum atomic E-state index is 0.568. The smallest absolute Gasteiger partial charge is 0.231 e. The van der Waals surface area contributed by atoms with E-state index in [0.717, 1.165) is 19.4 Å². The molecule has 1 aromatic rings. The third-order valence-electron chi connectivity index (χ3n) is 1.42. The first-order chi connectivity index (χ1) is 5.88. The Labute approximate surface area is 73.7 Å². The first kappa shape index (κ1) is 9.05. The fourth-order valence-electron chi connectivity index (χ4n) is 0.809. The van der Waals surface area contributed by atoms with Gasteiger partial charge in [0.25, 0.3) is 0 Å². The molecule has 0 bridgehead atoms. The Bertz CT molecular complexity index is 302. The fourth-order valence-corrected chi connectivity index (χ4v) is 1.41. The Balaban J connectivity index is 2.77. The topological polar surface area (TPSA) is 59.6 Å². The lowest BCUT2D eigenvalue weighted by molar-refractivity contribution is 0.550. The van der Waals surface area contributed by atoms with Gasteiger partial charge in [0.05, 0.1) is 5.29 Å². The SMILES string of the molecule is CCCCn1ncs/c1=N/N=O. The van der Waals surface area contributed by atoms with Crippen molar-refractivity contribution in [3.63, 3.8) is 0 Å². The number of nitrogens with zero attached hydrogens (tertiary/aromatic N) is 4. The molecular weight excluding hydrogens is 176 g/mol. The number of aromatic nitrogens is 2. The predicted octanol–water partition coefficient (Wildman–Crippen LogP) is 1.33. The van der Waals surface area contributed by atoms with E-state index in [4.69, 9.17) is 0 Å². The molecule has 1 rings (SSSR count). The van der Waals surface area contributed by atoms with Gasteiger partial charge in [0.15, 0.2) is 0 Å². The average Bonchev–Trinajstić information content (AvgIpc) is 2.50. The Hall–Kier alpha value is -1.04. The molecule has 0 aliphatic heterocycles. The molecule has 66 valence electrons. The van der Waals surface area contributed by atoms with E-state index in [1.54, 1.807) is 10.2 Å². The van der Waals surface area contributed by atoms with Crippen LogP contribution in [0.15, 0.2) is 15.9 Å². The molecule has 0 saturated heterocycles. The van der Waals surface area contributed by atoms with Gasteiger partial charge >= 0.3 is 0 Å². The van der Waals surface area contributed by atoms with E-state index in [1.807, 2.05) is 0 Å². The summed E-state index contributed by atoms with van der Waals surface area (Å²) in [5, 5.41) is 9.89. The van der Waals surface area contributed by atoms with Crippen LogP contribution >= 0.6 is 11.3 Å². The van der Waals surface area contributed by atoms with Crippen molar-refractivity contribution < 1.29 is 0 Å². The van der Waals surface area contributed by atoms with Gasteiger partial charge < -0.3 is 0 Å². The highest BCUT2D eigenvalue weighted by Gasteiger charge is 1.94. The van der Waals surface area contributed by atoms with Gasteiger partial charge in [0, 0.05) is 6.54 Å². The molecule has 0 atom stereocenters. The van der Waals surface area contributed by atoms with E-state index in [1.165, 1.54) is 11.3 Å². The highest BCUT2D eigenvalue weighted by Crippen LogP contribution is 1.91. The predicted molar refractivity (Wildman–Crippen MR) is 46.4 cm³/mol. The maximum absolute atomic E-state index is 9.85. The highest BCUT2D eigenvalue weighted by molar-refractivity contribution is 7.06. The molecule has 1 aromatic heterocycles. The lowest BCUT2D eigenvalue weighted by Gasteiger charge is -1.95. The van der Waals surface area contributed by atoms with Crippen molar-refractivity contribution in [1.82, 2.24) is 9.78 Å². The zero-order valence-electron chi connectivity index (χ0n) is 6.80. The first-order valence-corrected chi connectivity index (χ1v) is 4.63. The van der Waals surface area contributed by atoms with Crippen LogP contribution < -0.4 is 4.80 Å². The Kier molecular flexibility index (Phi) is 3.59. The van der Waals surface area contributed by atoms with Crippen molar-refractivity contribution in [2.24, 2.45) is 10.4 Å².